The Kier molecular flexibility index (Phi) is 3.83. The molecule has 5 nitrogen and oxygen atoms in total. The molecule has 0 aliphatic carbocycles. The molecule has 1 saturated heterocycles. The lowest BCUT2D eigenvalue weighted by atomic mass is 10.2. The summed E-state index contributed by atoms with van der Waals surface area (Å²) < 4.78 is 0. The fraction of sp³-hybridized carbons (Fsp3) is 0.211. The minimum Gasteiger partial charge on any atom is -0.354 e. The number of anilines is 2. The van der Waals surface area contributed by atoms with Gasteiger partial charge in [0.15, 0.2) is 11.6 Å². The molecule has 1 aliphatic rings. The molecule has 4 rings (SSSR count). The van der Waals surface area contributed by atoms with Crippen LogP contribution in [-0.4, -0.2) is 29.0 Å². The van der Waals surface area contributed by atoms with Crippen molar-refractivity contribution in [1.29, 1.82) is 0 Å². The summed E-state index contributed by atoms with van der Waals surface area (Å²) in [6.45, 7) is 1.89. The molecule has 0 atom stereocenters. The molecule has 24 heavy (non-hydrogen) atoms. The van der Waals surface area contributed by atoms with E-state index in [2.05, 4.69) is 15.2 Å². The van der Waals surface area contributed by atoms with E-state index >= 15 is 0 Å². The molecule has 2 heterocycles. The molecule has 0 saturated carbocycles. The van der Waals surface area contributed by atoms with Gasteiger partial charge in [-0.1, -0.05) is 30.3 Å². The second kappa shape index (κ2) is 6.28. The molecule has 120 valence electrons. The molecular formula is C19H18N4O. The van der Waals surface area contributed by atoms with Gasteiger partial charge in [0.25, 0.3) is 5.91 Å². The van der Waals surface area contributed by atoms with Gasteiger partial charge in [-0.25, -0.2) is 9.97 Å². The van der Waals surface area contributed by atoms with Gasteiger partial charge in [-0.05, 0) is 37.1 Å². The Morgan fingerprint density at radius 2 is 1.50 bits per heavy atom. The van der Waals surface area contributed by atoms with Crippen molar-refractivity contribution in [2.24, 2.45) is 0 Å². The number of amides is 1. The first-order valence-electron chi connectivity index (χ1n) is 8.19. The zero-order chi connectivity index (χ0) is 16.4. The van der Waals surface area contributed by atoms with Gasteiger partial charge in [-0.15, -0.1) is 0 Å². The minimum atomic E-state index is -0.166. The number of nitrogens with zero attached hydrogens (tertiary/aromatic N) is 3. The summed E-state index contributed by atoms with van der Waals surface area (Å²) in [5, 5.41) is 2.94. The Hall–Kier alpha value is -2.95. The van der Waals surface area contributed by atoms with E-state index in [9.17, 15) is 4.79 Å². The van der Waals surface area contributed by atoms with Crippen molar-refractivity contribution < 1.29 is 4.79 Å². The zero-order valence-electron chi connectivity index (χ0n) is 13.3. The Morgan fingerprint density at radius 3 is 2.21 bits per heavy atom. The summed E-state index contributed by atoms with van der Waals surface area (Å²) in [7, 11) is 0. The van der Waals surface area contributed by atoms with Crippen molar-refractivity contribution >= 4 is 28.6 Å². The molecule has 1 fully saturated rings. The highest BCUT2D eigenvalue weighted by Crippen LogP contribution is 2.28. The smallest absolute Gasteiger partial charge is 0.256 e. The van der Waals surface area contributed by atoms with Crippen molar-refractivity contribution in [3.63, 3.8) is 0 Å². The highest BCUT2D eigenvalue weighted by molar-refractivity contribution is 6.05. The number of rotatable bonds is 3. The van der Waals surface area contributed by atoms with E-state index in [-0.39, 0.29) is 5.91 Å². The van der Waals surface area contributed by atoms with Gasteiger partial charge in [-0.2, -0.15) is 0 Å². The van der Waals surface area contributed by atoms with Crippen LogP contribution < -0.4 is 10.2 Å². The molecular weight excluding hydrogens is 300 g/mol. The van der Waals surface area contributed by atoms with E-state index in [0.29, 0.717) is 11.4 Å². The molecule has 3 aromatic rings. The average molecular weight is 318 g/mol. The lowest BCUT2D eigenvalue weighted by molar-refractivity contribution is 0.102. The van der Waals surface area contributed by atoms with Crippen LogP contribution in [0.25, 0.3) is 11.0 Å². The highest BCUT2D eigenvalue weighted by atomic mass is 16.1. The zero-order valence-corrected chi connectivity index (χ0v) is 13.3. The summed E-state index contributed by atoms with van der Waals surface area (Å²) in [4.78, 5) is 24.1. The van der Waals surface area contributed by atoms with E-state index in [0.717, 1.165) is 42.8 Å². The van der Waals surface area contributed by atoms with Crippen LogP contribution in [0.15, 0.2) is 54.6 Å². The predicted octanol–water partition coefficient (Wildman–Crippen LogP) is 3.48. The van der Waals surface area contributed by atoms with Gasteiger partial charge in [0.05, 0.1) is 11.0 Å². The number of para-hydroxylation sites is 2. The molecule has 0 bridgehead atoms. The molecule has 0 unspecified atom stereocenters. The average Bonchev–Trinajstić information content (AvgIpc) is 3.16. The van der Waals surface area contributed by atoms with E-state index in [1.54, 1.807) is 12.1 Å². The monoisotopic (exact) mass is 318 g/mol. The molecule has 5 heteroatoms. The summed E-state index contributed by atoms with van der Waals surface area (Å²) in [5.74, 6) is 1.13. The minimum absolute atomic E-state index is 0.166. The van der Waals surface area contributed by atoms with Gasteiger partial charge in [-0.3, -0.25) is 4.79 Å². The normalized spacial score (nSPS) is 14.1. The maximum Gasteiger partial charge on any atom is 0.256 e. The number of benzene rings is 2. The standard InChI is InChI=1S/C19H18N4O/c24-19(14-8-2-1-3-9-14)22-17-18(23-12-6-7-13-23)21-16-11-5-4-10-15(16)20-17/h1-5,8-11H,6-7,12-13H2,(H,20,22,24). The summed E-state index contributed by atoms with van der Waals surface area (Å²) in [6, 6.07) is 16.9. The predicted molar refractivity (Wildman–Crippen MR) is 95.4 cm³/mol. The van der Waals surface area contributed by atoms with E-state index in [1.165, 1.54) is 0 Å². The molecule has 1 aromatic heterocycles. The number of fused-ring (bicyclic) bond motifs is 1. The molecule has 1 N–H and O–H groups in total. The van der Waals surface area contributed by atoms with Crippen LogP contribution in [0.1, 0.15) is 23.2 Å². The van der Waals surface area contributed by atoms with Crippen LogP contribution in [-0.2, 0) is 0 Å². The molecule has 0 radical (unpaired) electrons. The largest absolute Gasteiger partial charge is 0.354 e. The number of nitrogens with one attached hydrogen (secondary N) is 1. The highest BCUT2D eigenvalue weighted by Gasteiger charge is 2.21. The van der Waals surface area contributed by atoms with Crippen LogP contribution in [0, 0.1) is 0 Å². The molecule has 2 aromatic carbocycles. The quantitative estimate of drug-likeness (QED) is 0.803. The van der Waals surface area contributed by atoms with Crippen molar-refractivity contribution in [3.05, 3.63) is 60.2 Å². The van der Waals surface area contributed by atoms with E-state index in [4.69, 9.17) is 4.98 Å². The first kappa shape index (κ1) is 14.6. The Morgan fingerprint density at radius 1 is 0.875 bits per heavy atom. The lowest BCUT2D eigenvalue weighted by Crippen LogP contribution is -2.23. The number of carbonyl (C=O) groups is 1. The molecule has 1 aliphatic heterocycles. The van der Waals surface area contributed by atoms with Crippen LogP contribution in [0.3, 0.4) is 0 Å². The number of carbonyl (C=O) groups excluding carboxylic acids is 1. The topological polar surface area (TPSA) is 58.1 Å². The third kappa shape index (κ3) is 2.80. The van der Waals surface area contributed by atoms with Gasteiger partial charge < -0.3 is 10.2 Å². The first-order chi connectivity index (χ1) is 11.8. The SMILES string of the molecule is O=C(Nc1nc2ccccc2nc1N1CCCC1)c1ccccc1. The number of hydrogen-bond acceptors (Lipinski definition) is 4. The van der Waals surface area contributed by atoms with Gasteiger partial charge in [0.2, 0.25) is 0 Å². The third-order valence-corrected chi connectivity index (χ3v) is 4.23. The van der Waals surface area contributed by atoms with Crippen molar-refractivity contribution in [3.8, 4) is 0 Å². The van der Waals surface area contributed by atoms with E-state index in [1.807, 2.05) is 42.5 Å². The van der Waals surface area contributed by atoms with Crippen LogP contribution in [0.4, 0.5) is 11.6 Å². The van der Waals surface area contributed by atoms with Crippen LogP contribution in [0.5, 0.6) is 0 Å². The number of hydrogen-bond donors (Lipinski definition) is 1. The molecule has 0 spiro atoms. The second-order valence-corrected chi connectivity index (χ2v) is 5.90. The third-order valence-electron chi connectivity index (χ3n) is 4.23. The first-order valence-corrected chi connectivity index (χ1v) is 8.19. The van der Waals surface area contributed by atoms with Gasteiger partial charge in [0, 0.05) is 18.7 Å². The maximum absolute atomic E-state index is 12.5. The summed E-state index contributed by atoms with van der Waals surface area (Å²) >= 11 is 0. The summed E-state index contributed by atoms with van der Waals surface area (Å²) in [5.41, 5.74) is 2.24. The van der Waals surface area contributed by atoms with E-state index < -0.39 is 0 Å². The fourth-order valence-electron chi connectivity index (χ4n) is 2.99. The Labute approximate surface area is 140 Å². The summed E-state index contributed by atoms with van der Waals surface area (Å²) in [6.07, 6.45) is 2.28. The Balaban J connectivity index is 1.74. The lowest BCUT2D eigenvalue weighted by Gasteiger charge is -2.20. The van der Waals surface area contributed by atoms with Crippen molar-refractivity contribution in [2.45, 2.75) is 12.8 Å². The number of aromatic nitrogens is 2. The second-order valence-electron chi connectivity index (χ2n) is 5.90. The maximum atomic E-state index is 12.5. The van der Waals surface area contributed by atoms with Crippen LogP contribution in [0.2, 0.25) is 0 Å². The van der Waals surface area contributed by atoms with Crippen molar-refractivity contribution in [2.75, 3.05) is 23.3 Å². The van der Waals surface area contributed by atoms with Crippen LogP contribution >= 0.6 is 0 Å². The van der Waals surface area contributed by atoms with Gasteiger partial charge >= 0.3 is 0 Å². The fourth-order valence-corrected chi connectivity index (χ4v) is 2.99. The van der Waals surface area contributed by atoms with Crippen molar-refractivity contribution in [1.82, 2.24) is 9.97 Å². The van der Waals surface area contributed by atoms with Gasteiger partial charge in [0.1, 0.15) is 0 Å². The Bertz CT molecular complexity index is 873. The molecule has 1 amide bonds.